The van der Waals surface area contributed by atoms with Crippen molar-refractivity contribution < 1.29 is 39.3 Å². The van der Waals surface area contributed by atoms with Gasteiger partial charge < -0.3 is 42.0 Å². The number of aromatic amines is 1. The number of hydrogen-bond acceptors (Lipinski definition) is 7. The fourth-order valence-corrected chi connectivity index (χ4v) is 3.22. The van der Waals surface area contributed by atoms with Crippen LogP contribution in [0.3, 0.4) is 0 Å². The predicted octanol–water partition coefficient (Wildman–Crippen LogP) is -1.94. The molecule has 0 radical (unpaired) electrons. The molecule has 9 N–H and O–H groups in total. The molecule has 0 aliphatic carbocycles. The van der Waals surface area contributed by atoms with Gasteiger partial charge in [0.1, 0.15) is 18.6 Å². The molecular weight excluding hydrogens is 450 g/mol. The van der Waals surface area contributed by atoms with Crippen molar-refractivity contribution in [3.8, 4) is 0 Å². The summed E-state index contributed by atoms with van der Waals surface area (Å²) in [5, 5.41) is 34.9. The predicted molar refractivity (Wildman–Crippen MR) is 118 cm³/mol. The van der Waals surface area contributed by atoms with Crippen molar-refractivity contribution >= 4 is 40.6 Å². The smallest absolute Gasteiger partial charge is 0.322 e. The Hall–Kier alpha value is -3.97. The van der Waals surface area contributed by atoms with E-state index in [4.69, 9.17) is 15.9 Å². The number of aliphatic hydroxyl groups excluding tert-OH is 1. The van der Waals surface area contributed by atoms with E-state index in [0.717, 1.165) is 16.5 Å². The number of H-pyrrole nitrogens is 1. The van der Waals surface area contributed by atoms with Gasteiger partial charge in [-0.3, -0.25) is 24.0 Å². The summed E-state index contributed by atoms with van der Waals surface area (Å²) >= 11 is 0. The topological polar surface area (TPSA) is 224 Å². The van der Waals surface area contributed by atoms with E-state index in [-0.39, 0.29) is 6.42 Å². The number of fused-ring (bicyclic) bond motifs is 1. The van der Waals surface area contributed by atoms with E-state index in [2.05, 4.69) is 15.6 Å². The van der Waals surface area contributed by atoms with E-state index >= 15 is 0 Å². The number of benzene rings is 1. The summed E-state index contributed by atoms with van der Waals surface area (Å²) < 4.78 is 0. The van der Waals surface area contributed by atoms with Crippen molar-refractivity contribution in [2.45, 2.75) is 44.0 Å². The van der Waals surface area contributed by atoms with Crippen LogP contribution in [0.2, 0.25) is 0 Å². The fraction of sp³-hybridized carbons (Fsp3) is 0.381. The van der Waals surface area contributed by atoms with E-state index in [1.165, 1.54) is 6.92 Å². The summed E-state index contributed by atoms with van der Waals surface area (Å²) in [6.45, 7) is 0.420. The van der Waals surface area contributed by atoms with Crippen molar-refractivity contribution in [1.29, 1.82) is 0 Å². The Balaban J connectivity index is 2.08. The first kappa shape index (κ1) is 26.3. The van der Waals surface area contributed by atoms with Gasteiger partial charge in [-0.15, -0.1) is 0 Å². The molecule has 4 atom stereocenters. The van der Waals surface area contributed by atoms with Crippen LogP contribution in [0.1, 0.15) is 18.9 Å². The van der Waals surface area contributed by atoms with Crippen LogP contribution in [-0.4, -0.2) is 80.7 Å². The van der Waals surface area contributed by atoms with Crippen LogP contribution in [0.5, 0.6) is 0 Å². The number of carboxylic acids is 2. The molecule has 184 valence electrons. The highest BCUT2D eigenvalue weighted by atomic mass is 16.4. The van der Waals surface area contributed by atoms with Crippen LogP contribution < -0.4 is 21.7 Å². The second-order valence-electron chi connectivity index (χ2n) is 7.67. The van der Waals surface area contributed by atoms with E-state index in [1.807, 2.05) is 29.6 Å². The van der Waals surface area contributed by atoms with Crippen LogP contribution >= 0.6 is 0 Å². The molecule has 34 heavy (non-hydrogen) atoms. The Labute approximate surface area is 193 Å². The van der Waals surface area contributed by atoms with Crippen LogP contribution in [-0.2, 0) is 30.4 Å². The third kappa shape index (κ3) is 7.28. The van der Waals surface area contributed by atoms with Gasteiger partial charge >= 0.3 is 11.9 Å². The maximum Gasteiger partial charge on any atom is 0.322 e. The number of aliphatic hydroxyl groups is 1. The molecule has 0 spiro atoms. The molecular formula is C21H27N5O8. The molecule has 13 heteroatoms. The highest BCUT2D eigenvalue weighted by Gasteiger charge is 2.32. The number of nitrogens with one attached hydrogen (secondary N) is 4. The molecule has 0 bridgehead atoms. The Kier molecular flexibility index (Phi) is 9.10. The number of nitrogens with two attached hydrogens (primary N) is 1. The molecule has 1 aromatic carbocycles. The molecule has 1 heterocycles. The Morgan fingerprint density at radius 2 is 1.68 bits per heavy atom. The van der Waals surface area contributed by atoms with Crippen molar-refractivity contribution in [1.82, 2.24) is 20.9 Å². The van der Waals surface area contributed by atoms with Crippen LogP contribution in [0, 0.1) is 0 Å². The zero-order valence-corrected chi connectivity index (χ0v) is 18.3. The molecule has 2 aromatic rings. The maximum absolute atomic E-state index is 12.6. The highest BCUT2D eigenvalue weighted by Crippen LogP contribution is 2.18. The Morgan fingerprint density at radius 3 is 2.29 bits per heavy atom. The van der Waals surface area contributed by atoms with Crippen molar-refractivity contribution in [2.75, 3.05) is 6.54 Å². The molecule has 0 aliphatic heterocycles. The maximum atomic E-state index is 12.6. The minimum absolute atomic E-state index is 0.102. The van der Waals surface area contributed by atoms with Gasteiger partial charge in [0, 0.05) is 17.1 Å². The number of carbonyl (C=O) groups excluding carboxylic acids is 3. The lowest BCUT2D eigenvalue weighted by molar-refractivity contribution is -0.142. The Bertz CT molecular complexity index is 1070. The molecule has 0 aliphatic rings. The number of carboxylic acid groups (broad SMARTS) is 2. The largest absolute Gasteiger partial charge is 0.481 e. The first-order valence-corrected chi connectivity index (χ1v) is 10.3. The number of hydrogen-bond donors (Lipinski definition) is 8. The van der Waals surface area contributed by atoms with Gasteiger partial charge in [0.2, 0.25) is 17.7 Å². The van der Waals surface area contributed by atoms with Gasteiger partial charge in [-0.25, -0.2) is 0 Å². The van der Waals surface area contributed by atoms with Gasteiger partial charge in [-0.05, 0) is 25.0 Å². The fourth-order valence-electron chi connectivity index (χ4n) is 3.22. The highest BCUT2D eigenvalue weighted by molar-refractivity contribution is 5.95. The lowest BCUT2D eigenvalue weighted by Gasteiger charge is -2.24. The second kappa shape index (κ2) is 11.8. The normalized spacial score (nSPS) is 14.4. The van der Waals surface area contributed by atoms with Crippen LogP contribution in [0.4, 0.5) is 0 Å². The zero-order valence-electron chi connectivity index (χ0n) is 18.3. The lowest BCUT2D eigenvalue weighted by atomic mass is 10.0. The van der Waals surface area contributed by atoms with Gasteiger partial charge in [0.15, 0.2) is 0 Å². The molecule has 1 aromatic heterocycles. The van der Waals surface area contributed by atoms with Crippen molar-refractivity contribution in [3.05, 3.63) is 36.0 Å². The summed E-state index contributed by atoms with van der Waals surface area (Å²) in [6, 6.07) is 3.06. The zero-order chi connectivity index (χ0) is 25.4. The molecule has 3 amide bonds. The lowest BCUT2D eigenvalue weighted by Crippen LogP contribution is -2.59. The van der Waals surface area contributed by atoms with Gasteiger partial charge in [-0.2, -0.15) is 0 Å². The monoisotopic (exact) mass is 477 g/mol. The van der Waals surface area contributed by atoms with Crippen molar-refractivity contribution in [3.63, 3.8) is 0 Å². The van der Waals surface area contributed by atoms with E-state index < -0.39 is 66.9 Å². The second-order valence-corrected chi connectivity index (χ2v) is 7.67. The summed E-state index contributed by atoms with van der Waals surface area (Å²) in [5.41, 5.74) is 7.58. The third-order valence-electron chi connectivity index (χ3n) is 4.94. The first-order chi connectivity index (χ1) is 16.0. The number of aromatic nitrogens is 1. The molecule has 2 rings (SSSR count). The number of amides is 3. The van der Waals surface area contributed by atoms with E-state index in [0.29, 0.717) is 0 Å². The molecule has 13 nitrogen and oxygen atoms in total. The summed E-state index contributed by atoms with van der Waals surface area (Å²) in [6.07, 6.45) is -0.461. The van der Waals surface area contributed by atoms with Crippen LogP contribution in [0.15, 0.2) is 30.5 Å². The first-order valence-electron chi connectivity index (χ1n) is 10.3. The minimum Gasteiger partial charge on any atom is -0.481 e. The molecule has 0 fully saturated rings. The van der Waals surface area contributed by atoms with E-state index in [9.17, 15) is 29.1 Å². The summed E-state index contributed by atoms with van der Waals surface area (Å²) in [4.78, 5) is 62.3. The standard InChI is InChI=1S/C21H27N5O8/c1-10(27)18(21(34)24-9-17(30)31)26-20(33)15(7-16(28)29)25-19(32)13(22)6-11-8-23-14-5-3-2-4-12(11)14/h2-5,8,10,13,15,18,23,27H,6-7,9,22H2,1H3,(H,24,34)(H,25,32)(H,26,33)(H,28,29)(H,30,31). The molecule has 0 saturated carbocycles. The average molecular weight is 477 g/mol. The summed E-state index contributed by atoms with van der Waals surface area (Å²) in [7, 11) is 0. The number of carbonyl (C=O) groups is 5. The number of rotatable bonds is 12. The Morgan fingerprint density at radius 1 is 1.00 bits per heavy atom. The van der Waals surface area contributed by atoms with Gasteiger partial charge in [-0.1, -0.05) is 18.2 Å². The van der Waals surface area contributed by atoms with E-state index in [1.54, 1.807) is 6.20 Å². The quantitative estimate of drug-likeness (QED) is 0.170. The average Bonchev–Trinajstić information content (AvgIpc) is 3.17. The SMILES string of the molecule is CC(O)C(NC(=O)C(CC(=O)O)NC(=O)C(N)Cc1c[nH]c2ccccc12)C(=O)NCC(=O)O. The number of para-hydroxylation sites is 1. The number of aliphatic carboxylic acids is 2. The van der Waals surface area contributed by atoms with Gasteiger partial charge in [0.25, 0.3) is 0 Å². The molecule has 0 saturated heterocycles. The summed E-state index contributed by atoms with van der Waals surface area (Å²) in [5.74, 6) is -5.61. The van der Waals surface area contributed by atoms with Gasteiger partial charge in [0.05, 0.1) is 18.6 Å². The minimum atomic E-state index is -1.60. The van der Waals surface area contributed by atoms with Crippen molar-refractivity contribution in [2.24, 2.45) is 5.73 Å². The third-order valence-corrected chi connectivity index (χ3v) is 4.94. The van der Waals surface area contributed by atoms with Crippen LogP contribution in [0.25, 0.3) is 10.9 Å². The molecule has 4 unspecified atom stereocenters.